The maximum Gasteiger partial charge on any atom is 0.347 e. The van der Waals surface area contributed by atoms with Crippen LogP contribution < -0.4 is 11.3 Å². The number of hydrogen-bond donors (Lipinski definition) is 2. The van der Waals surface area contributed by atoms with Crippen LogP contribution in [0.1, 0.15) is 31.8 Å². The van der Waals surface area contributed by atoms with Crippen molar-refractivity contribution < 1.29 is 18.4 Å². The van der Waals surface area contributed by atoms with E-state index in [4.69, 9.17) is 8.83 Å². The third-order valence-electron chi connectivity index (χ3n) is 9.73. The molecule has 4 aromatic heterocycles. The molecule has 54 heavy (non-hydrogen) atoms. The van der Waals surface area contributed by atoms with E-state index in [1.54, 1.807) is 84.9 Å². The Kier molecular flexibility index (Phi) is 6.86. The van der Waals surface area contributed by atoms with Crippen molar-refractivity contribution in [1.29, 1.82) is 0 Å². The Morgan fingerprint density at radius 2 is 0.852 bits per heavy atom. The molecule has 0 aliphatic carbocycles. The molecule has 0 spiro atoms. The van der Waals surface area contributed by atoms with Crippen molar-refractivity contribution in [3.05, 3.63) is 177 Å². The Morgan fingerprint density at radius 1 is 0.463 bits per heavy atom. The van der Waals surface area contributed by atoms with Gasteiger partial charge in [-0.05, 0) is 59.3 Å². The second kappa shape index (κ2) is 11.9. The second-order valence-corrected chi connectivity index (χ2v) is 12.9. The SMILES string of the molecule is O=C(c1ccc2cc(C(=O)c3c(-c4nc5ccccc5c(=O)o4)[nH]c4ccccc34)ccc2c1)c1c(-c2nc3ccccc3c(=O)o2)[nH]c2ccccc12. The third kappa shape index (κ3) is 4.89. The third-order valence-corrected chi connectivity index (χ3v) is 9.73. The molecule has 0 bridgehead atoms. The number of ketones is 2. The molecule has 0 saturated heterocycles. The lowest BCUT2D eigenvalue weighted by molar-refractivity contribution is 0.103. The van der Waals surface area contributed by atoms with Crippen molar-refractivity contribution >= 4 is 66.0 Å². The number of aromatic amines is 2. The molecule has 0 amide bonds. The highest BCUT2D eigenvalue weighted by molar-refractivity contribution is 6.22. The predicted molar refractivity (Wildman–Crippen MR) is 206 cm³/mol. The van der Waals surface area contributed by atoms with E-state index in [0.29, 0.717) is 77.3 Å². The highest BCUT2D eigenvalue weighted by Crippen LogP contribution is 2.34. The molecule has 0 radical (unpaired) electrons. The molecule has 10 nitrogen and oxygen atoms in total. The molecule has 0 aliphatic rings. The fourth-order valence-electron chi connectivity index (χ4n) is 7.14. The van der Waals surface area contributed by atoms with Crippen LogP contribution in [0.2, 0.25) is 0 Å². The molecule has 256 valence electrons. The number of carbonyl (C=O) groups is 2. The summed E-state index contributed by atoms with van der Waals surface area (Å²) in [6, 6.07) is 39.0. The lowest BCUT2D eigenvalue weighted by Gasteiger charge is -2.08. The van der Waals surface area contributed by atoms with Gasteiger partial charge in [-0.1, -0.05) is 84.9 Å². The first-order valence-electron chi connectivity index (χ1n) is 17.1. The van der Waals surface area contributed by atoms with Gasteiger partial charge in [-0.15, -0.1) is 0 Å². The zero-order chi connectivity index (χ0) is 36.5. The largest absolute Gasteiger partial charge is 0.401 e. The van der Waals surface area contributed by atoms with Crippen LogP contribution in [0, 0.1) is 0 Å². The van der Waals surface area contributed by atoms with Crippen molar-refractivity contribution in [3.63, 3.8) is 0 Å². The number of para-hydroxylation sites is 4. The van der Waals surface area contributed by atoms with Gasteiger partial charge in [0.2, 0.25) is 11.8 Å². The van der Waals surface area contributed by atoms with Crippen molar-refractivity contribution in [3.8, 4) is 23.2 Å². The molecule has 10 rings (SSSR count). The van der Waals surface area contributed by atoms with Crippen molar-refractivity contribution in [2.45, 2.75) is 0 Å². The van der Waals surface area contributed by atoms with Crippen LogP contribution in [0.15, 0.2) is 152 Å². The number of H-pyrrole nitrogens is 2. The second-order valence-electron chi connectivity index (χ2n) is 12.9. The Bertz CT molecular complexity index is 3110. The van der Waals surface area contributed by atoms with Gasteiger partial charge in [0.1, 0.15) is 11.4 Å². The van der Waals surface area contributed by atoms with E-state index in [9.17, 15) is 19.2 Å². The minimum atomic E-state index is -0.554. The summed E-state index contributed by atoms with van der Waals surface area (Å²) in [5, 5.41) is 3.46. The summed E-state index contributed by atoms with van der Waals surface area (Å²) >= 11 is 0. The van der Waals surface area contributed by atoms with E-state index in [2.05, 4.69) is 19.9 Å². The molecule has 0 aliphatic heterocycles. The molecule has 10 heteroatoms. The summed E-state index contributed by atoms with van der Waals surface area (Å²) in [6.07, 6.45) is 0. The average molecular weight is 705 g/mol. The summed E-state index contributed by atoms with van der Waals surface area (Å²) < 4.78 is 11.3. The highest BCUT2D eigenvalue weighted by atomic mass is 16.4. The molecular formula is C44H24N4O6. The zero-order valence-electron chi connectivity index (χ0n) is 28.0. The molecule has 6 aromatic carbocycles. The van der Waals surface area contributed by atoms with E-state index in [-0.39, 0.29) is 23.3 Å². The summed E-state index contributed by atoms with van der Waals surface area (Å²) in [5.41, 5.74) is 3.21. The van der Waals surface area contributed by atoms with Crippen molar-refractivity contribution in [2.75, 3.05) is 0 Å². The number of carbonyl (C=O) groups excluding carboxylic acids is 2. The number of fused-ring (bicyclic) bond motifs is 5. The minimum absolute atomic E-state index is 0.0111. The Hall–Kier alpha value is -7.72. The number of rotatable bonds is 6. The number of hydrogen-bond acceptors (Lipinski definition) is 8. The van der Waals surface area contributed by atoms with Crippen LogP contribution >= 0.6 is 0 Å². The maximum absolute atomic E-state index is 14.4. The van der Waals surface area contributed by atoms with E-state index in [1.165, 1.54) is 0 Å². The quantitative estimate of drug-likeness (QED) is 0.163. The summed E-state index contributed by atoms with van der Waals surface area (Å²) in [5.74, 6) is -0.570. The molecule has 2 N–H and O–H groups in total. The van der Waals surface area contributed by atoms with Gasteiger partial charge in [0.15, 0.2) is 11.6 Å². The van der Waals surface area contributed by atoms with Crippen LogP contribution in [0.4, 0.5) is 0 Å². The van der Waals surface area contributed by atoms with Gasteiger partial charge in [0.05, 0.1) is 32.9 Å². The van der Waals surface area contributed by atoms with Gasteiger partial charge in [-0.25, -0.2) is 19.6 Å². The van der Waals surface area contributed by atoms with Gasteiger partial charge in [-0.2, -0.15) is 0 Å². The van der Waals surface area contributed by atoms with E-state index >= 15 is 0 Å². The van der Waals surface area contributed by atoms with Crippen LogP contribution in [0.5, 0.6) is 0 Å². The summed E-state index contributed by atoms with van der Waals surface area (Å²) in [7, 11) is 0. The molecular weight excluding hydrogens is 681 g/mol. The topological polar surface area (TPSA) is 152 Å². The smallest absolute Gasteiger partial charge is 0.347 e. The average Bonchev–Trinajstić information content (AvgIpc) is 3.79. The molecule has 0 atom stereocenters. The van der Waals surface area contributed by atoms with Crippen molar-refractivity contribution in [1.82, 2.24) is 19.9 Å². The van der Waals surface area contributed by atoms with Gasteiger partial charge >= 0.3 is 11.3 Å². The fourth-order valence-corrected chi connectivity index (χ4v) is 7.14. The van der Waals surface area contributed by atoms with Gasteiger partial charge in [0, 0.05) is 32.9 Å². The zero-order valence-corrected chi connectivity index (χ0v) is 28.0. The van der Waals surface area contributed by atoms with E-state index in [1.807, 2.05) is 48.5 Å². The van der Waals surface area contributed by atoms with E-state index in [0.717, 1.165) is 10.8 Å². The van der Waals surface area contributed by atoms with Crippen LogP contribution in [-0.4, -0.2) is 31.5 Å². The molecule has 10 aromatic rings. The lowest BCUT2D eigenvalue weighted by Crippen LogP contribution is -2.07. The number of benzene rings is 6. The van der Waals surface area contributed by atoms with Gasteiger partial charge in [0.25, 0.3) is 0 Å². The molecule has 0 unspecified atom stereocenters. The monoisotopic (exact) mass is 704 g/mol. The van der Waals surface area contributed by atoms with Gasteiger partial charge in [-0.3, -0.25) is 9.59 Å². The molecule has 0 saturated carbocycles. The standard InChI is InChI=1S/C44H24N4O6/c49-39(35-27-9-1-5-13-31(27)45-37(35)41-47-33-15-7-3-11-29(33)43(51)53-41)25-19-17-24-22-26(20-18-23(24)21-25)40(50)36-28-10-2-6-14-32(28)46-38(36)42-48-34-16-8-4-12-30(34)44(52)54-42/h1-22,45-46H. The highest BCUT2D eigenvalue weighted by Gasteiger charge is 2.26. The lowest BCUT2D eigenvalue weighted by atomic mass is 9.95. The van der Waals surface area contributed by atoms with Crippen LogP contribution in [0.25, 0.3) is 77.6 Å². The first kappa shape index (κ1) is 31.1. The first-order valence-corrected chi connectivity index (χ1v) is 17.1. The Balaban J connectivity index is 1.05. The normalized spacial score (nSPS) is 11.6. The summed E-state index contributed by atoms with van der Waals surface area (Å²) in [4.78, 5) is 70.2. The van der Waals surface area contributed by atoms with Crippen LogP contribution in [-0.2, 0) is 0 Å². The van der Waals surface area contributed by atoms with Crippen molar-refractivity contribution in [2.24, 2.45) is 0 Å². The number of nitrogens with zero attached hydrogens (tertiary/aromatic N) is 2. The molecule has 0 fully saturated rings. The van der Waals surface area contributed by atoms with Crippen LogP contribution in [0.3, 0.4) is 0 Å². The number of nitrogens with one attached hydrogen (secondary N) is 2. The molecule has 4 heterocycles. The Labute approximate surface area is 303 Å². The van der Waals surface area contributed by atoms with Gasteiger partial charge < -0.3 is 18.8 Å². The first-order chi connectivity index (χ1) is 26.4. The maximum atomic E-state index is 14.4. The predicted octanol–water partition coefficient (Wildman–Crippen LogP) is 8.60. The Morgan fingerprint density at radius 3 is 1.30 bits per heavy atom. The number of aromatic nitrogens is 4. The minimum Gasteiger partial charge on any atom is -0.401 e. The van der Waals surface area contributed by atoms with E-state index < -0.39 is 11.3 Å². The summed E-state index contributed by atoms with van der Waals surface area (Å²) in [6.45, 7) is 0. The fraction of sp³-hybridized carbons (Fsp3) is 0.